The Hall–Kier alpha value is -2.42. The van der Waals surface area contributed by atoms with Crippen LogP contribution in [0.4, 0.5) is 0 Å². The van der Waals surface area contributed by atoms with Gasteiger partial charge in [-0.15, -0.1) is 0 Å². The average molecular weight is 461 g/mol. The Morgan fingerprint density at radius 3 is 2.59 bits per heavy atom. The number of ether oxygens (including phenoxy) is 1. The third-order valence-electron chi connectivity index (χ3n) is 6.11. The van der Waals surface area contributed by atoms with Crippen molar-refractivity contribution in [3.05, 3.63) is 48.0 Å². The molecule has 1 amide bonds. The van der Waals surface area contributed by atoms with Crippen LogP contribution in [0, 0.1) is 12.8 Å². The quantitative estimate of drug-likeness (QED) is 0.741. The Kier molecular flexibility index (Phi) is 7.27. The van der Waals surface area contributed by atoms with Crippen molar-refractivity contribution in [2.75, 3.05) is 26.7 Å². The van der Waals surface area contributed by atoms with Crippen LogP contribution in [0.3, 0.4) is 0 Å². The van der Waals surface area contributed by atoms with Gasteiger partial charge in [0.05, 0.1) is 13.2 Å². The van der Waals surface area contributed by atoms with E-state index in [1.54, 1.807) is 37.1 Å². The van der Waals surface area contributed by atoms with Crippen molar-refractivity contribution in [3.8, 4) is 16.9 Å². The Morgan fingerprint density at radius 2 is 1.97 bits per heavy atom. The predicted octanol–water partition coefficient (Wildman–Crippen LogP) is 2.91. The fraction of sp³-hybridized carbons (Fsp3) is 0.458. The minimum Gasteiger partial charge on any atom is -0.487 e. The van der Waals surface area contributed by atoms with Gasteiger partial charge in [-0.05, 0) is 42.7 Å². The molecule has 0 saturated carbocycles. The van der Waals surface area contributed by atoms with Gasteiger partial charge in [-0.1, -0.05) is 37.3 Å². The van der Waals surface area contributed by atoms with Gasteiger partial charge in [0, 0.05) is 32.5 Å². The van der Waals surface area contributed by atoms with Gasteiger partial charge >= 0.3 is 0 Å². The summed E-state index contributed by atoms with van der Waals surface area (Å²) in [5, 5.41) is 9.73. The van der Waals surface area contributed by atoms with E-state index in [9.17, 15) is 18.3 Å². The SMILES string of the molecule is CC(=O)N(C)C[C@@H]1Oc2cc(-c3ccccc3C)ccc2S(=O)(=O)N([C@H](C)CO)C[C@@H]1C. The molecule has 0 saturated heterocycles. The molecule has 3 atom stereocenters. The Balaban J connectivity index is 2.16. The molecular formula is C24H32N2O5S. The van der Waals surface area contributed by atoms with E-state index in [2.05, 4.69) is 0 Å². The molecule has 0 fully saturated rings. The highest BCUT2D eigenvalue weighted by atomic mass is 32.2. The van der Waals surface area contributed by atoms with E-state index in [-0.39, 0.29) is 35.6 Å². The molecule has 0 unspecified atom stereocenters. The molecule has 2 aromatic carbocycles. The van der Waals surface area contributed by atoms with E-state index in [0.717, 1.165) is 16.7 Å². The lowest BCUT2D eigenvalue weighted by Gasteiger charge is -2.37. The smallest absolute Gasteiger partial charge is 0.247 e. The highest BCUT2D eigenvalue weighted by molar-refractivity contribution is 7.89. The van der Waals surface area contributed by atoms with Crippen molar-refractivity contribution < 1.29 is 23.1 Å². The molecule has 1 aliphatic heterocycles. The fourth-order valence-corrected chi connectivity index (χ4v) is 5.73. The molecule has 0 aliphatic carbocycles. The molecule has 0 bridgehead atoms. The third kappa shape index (κ3) is 4.82. The maximum Gasteiger partial charge on any atom is 0.247 e. The number of benzene rings is 2. The van der Waals surface area contributed by atoms with Crippen LogP contribution < -0.4 is 4.74 Å². The van der Waals surface area contributed by atoms with Crippen LogP contribution in [0.5, 0.6) is 5.75 Å². The summed E-state index contributed by atoms with van der Waals surface area (Å²) in [6.07, 6.45) is -0.418. The van der Waals surface area contributed by atoms with Crippen molar-refractivity contribution in [1.82, 2.24) is 9.21 Å². The number of fused-ring (bicyclic) bond motifs is 1. The van der Waals surface area contributed by atoms with Gasteiger partial charge in [0.1, 0.15) is 16.7 Å². The number of carbonyl (C=O) groups excluding carboxylic acids is 1. The highest BCUT2D eigenvalue weighted by Crippen LogP contribution is 2.37. The number of carbonyl (C=O) groups is 1. The molecular weight excluding hydrogens is 428 g/mol. The highest BCUT2D eigenvalue weighted by Gasteiger charge is 2.38. The van der Waals surface area contributed by atoms with Gasteiger partial charge in [-0.3, -0.25) is 4.79 Å². The molecule has 1 heterocycles. The standard InChI is InChI=1S/C24H32N2O5S/c1-16-8-6-7-9-21(16)20-10-11-24-22(12-20)31-23(14-25(5)19(4)28)17(2)13-26(18(3)15-27)32(24,29)30/h6-12,17-18,23,27H,13-15H2,1-5H3/t17-,18+,23-/m0/s1. The first-order chi connectivity index (χ1) is 15.1. The van der Waals surface area contributed by atoms with Crippen molar-refractivity contribution in [2.45, 2.75) is 44.7 Å². The van der Waals surface area contributed by atoms with Gasteiger partial charge in [-0.2, -0.15) is 4.31 Å². The van der Waals surface area contributed by atoms with E-state index in [1.165, 1.54) is 11.2 Å². The number of nitrogens with zero attached hydrogens (tertiary/aromatic N) is 2. The van der Waals surface area contributed by atoms with Crippen LogP contribution in [0.2, 0.25) is 0 Å². The Labute approximate surface area is 190 Å². The third-order valence-corrected chi connectivity index (χ3v) is 8.13. The van der Waals surface area contributed by atoms with Crippen LogP contribution in [0.25, 0.3) is 11.1 Å². The minimum absolute atomic E-state index is 0.0671. The number of rotatable bonds is 5. The second-order valence-electron chi connectivity index (χ2n) is 8.62. The predicted molar refractivity (Wildman–Crippen MR) is 124 cm³/mol. The summed E-state index contributed by atoms with van der Waals surface area (Å²) in [5.41, 5.74) is 2.91. The maximum absolute atomic E-state index is 13.5. The van der Waals surface area contributed by atoms with E-state index >= 15 is 0 Å². The summed E-state index contributed by atoms with van der Waals surface area (Å²) in [5.74, 6) is -0.0461. The number of likely N-dealkylation sites (N-methyl/N-ethyl adjacent to an activating group) is 1. The Morgan fingerprint density at radius 1 is 1.28 bits per heavy atom. The number of aliphatic hydroxyl groups excluding tert-OH is 1. The van der Waals surface area contributed by atoms with Crippen LogP contribution >= 0.6 is 0 Å². The molecule has 0 radical (unpaired) electrons. The van der Waals surface area contributed by atoms with E-state index in [1.807, 2.05) is 38.1 Å². The molecule has 0 aromatic heterocycles. The van der Waals surface area contributed by atoms with Crippen molar-refractivity contribution in [1.29, 1.82) is 0 Å². The monoisotopic (exact) mass is 460 g/mol. The summed E-state index contributed by atoms with van der Waals surface area (Å²) in [7, 11) is -2.20. The van der Waals surface area contributed by atoms with Crippen LogP contribution in [-0.2, 0) is 14.8 Å². The lowest BCUT2D eigenvalue weighted by molar-refractivity contribution is -0.129. The molecule has 7 nitrogen and oxygen atoms in total. The average Bonchev–Trinajstić information content (AvgIpc) is 2.75. The number of amides is 1. The lowest BCUT2D eigenvalue weighted by Crippen LogP contribution is -2.50. The molecule has 32 heavy (non-hydrogen) atoms. The van der Waals surface area contributed by atoms with Crippen LogP contribution in [-0.4, -0.2) is 67.5 Å². The van der Waals surface area contributed by atoms with Crippen LogP contribution in [0.15, 0.2) is 47.4 Å². The normalized spacial score (nSPS) is 21.6. The summed E-state index contributed by atoms with van der Waals surface area (Å²) in [6, 6.07) is 12.4. The number of sulfonamides is 1. The molecule has 0 spiro atoms. The molecule has 8 heteroatoms. The molecule has 1 aliphatic rings. The van der Waals surface area contributed by atoms with E-state index < -0.39 is 22.2 Å². The van der Waals surface area contributed by atoms with E-state index in [4.69, 9.17) is 4.74 Å². The first-order valence-electron chi connectivity index (χ1n) is 10.8. The van der Waals surface area contributed by atoms with Gasteiger partial charge < -0.3 is 14.7 Å². The van der Waals surface area contributed by atoms with Gasteiger partial charge in [0.25, 0.3) is 0 Å². The summed E-state index contributed by atoms with van der Waals surface area (Å²) >= 11 is 0. The minimum atomic E-state index is -3.90. The second-order valence-corrected chi connectivity index (χ2v) is 10.5. The lowest BCUT2D eigenvalue weighted by atomic mass is 10.00. The summed E-state index contributed by atoms with van der Waals surface area (Å²) in [6.45, 7) is 7.29. The number of hydrogen-bond acceptors (Lipinski definition) is 5. The second kappa shape index (κ2) is 9.60. The first-order valence-corrected chi connectivity index (χ1v) is 12.2. The number of aliphatic hydroxyl groups is 1. The first kappa shape index (κ1) is 24.2. The molecule has 2 aromatic rings. The summed E-state index contributed by atoms with van der Waals surface area (Å²) in [4.78, 5) is 13.5. The van der Waals surface area contributed by atoms with Crippen LogP contribution in [0.1, 0.15) is 26.3 Å². The zero-order valence-corrected chi connectivity index (χ0v) is 20.1. The summed E-state index contributed by atoms with van der Waals surface area (Å²) < 4.78 is 34.7. The molecule has 1 N–H and O–H groups in total. The topological polar surface area (TPSA) is 87.2 Å². The molecule has 3 rings (SSSR count). The fourth-order valence-electron chi connectivity index (χ4n) is 3.91. The van der Waals surface area contributed by atoms with Crippen molar-refractivity contribution in [3.63, 3.8) is 0 Å². The van der Waals surface area contributed by atoms with Gasteiger partial charge in [-0.25, -0.2) is 8.42 Å². The van der Waals surface area contributed by atoms with E-state index in [0.29, 0.717) is 6.54 Å². The zero-order valence-electron chi connectivity index (χ0n) is 19.3. The van der Waals surface area contributed by atoms with Crippen molar-refractivity contribution in [2.24, 2.45) is 5.92 Å². The maximum atomic E-state index is 13.5. The number of aryl methyl sites for hydroxylation is 1. The largest absolute Gasteiger partial charge is 0.487 e. The Bertz CT molecular complexity index is 1090. The zero-order chi connectivity index (χ0) is 23.6. The molecule has 174 valence electrons. The van der Waals surface area contributed by atoms with Gasteiger partial charge in [0.2, 0.25) is 15.9 Å². The van der Waals surface area contributed by atoms with Gasteiger partial charge in [0.15, 0.2) is 0 Å². The number of hydrogen-bond donors (Lipinski definition) is 1. The van der Waals surface area contributed by atoms with Crippen molar-refractivity contribution >= 4 is 15.9 Å².